The fourth-order valence-electron chi connectivity index (χ4n) is 18.9. The van der Waals surface area contributed by atoms with Gasteiger partial charge in [0.05, 0.1) is 5.41 Å². The Kier molecular flexibility index (Phi) is 13.4. The quantitative estimate of drug-likeness (QED) is 0.120. The summed E-state index contributed by atoms with van der Waals surface area (Å²) in [7, 11) is 0. The molecule has 0 saturated heterocycles. The van der Waals surface area contributed by atoms with Crippen molar-refractivity contribution >= 4 is 23.3 Å². The van der Waals surface area contributed by atoms with Crippen LogP contribution in [0.15, 0.2) is 315 Å². The van der Waals surface area contributed by atoms with Crippen LogP contribution in [-0.2, 0) is 27.1 Å². The van der Waals surface area contributed by atoms with Gasteiger partial charge in [-0.2, -0.15) is 0 Å². The Morgan fingerprint density at radius 2 is 0.406 bits per heavy atom. The Hall–Kier alpha value is -11.4. The fourth-order valence-corrected chi connectivity index (χ4v) is 18.9. The molecule has 0 nitrogen and oxygen atoms in total. The van der Waals surface area contributed by atoms with E-state index >= 15 is 0 Å². The van der Waals surface area contributed by atoms with Gasteiger partial charge in [-0.15, -0.1) is 0 Å². The number of fused-ring (bicyclic) bond motifs is 15. The molecular weight excluding hydrogens is 1210 g/mol. The Bertz CT molecular complexity index is 5250. The first-order chi connectivity index (χ1) is 49.1. The topological polar surface area (TPSA) is 0 Å². The third kappa shape index (κ3) is 9.06. The van der Waals surface area contributed by atoms with Gasteiger partial charge in [-0.1, -0.05) is 347 Å². The summed E-state index contributed by atoms with van der Waals surface area (Å²) in [5.41, 5.74) is 42.9. The van der Waals surface area contributed by atoms with Crippen LogP contribution in [0.1, 0.15) is 156 Å². The molecule has 0 aromatic heterocycles. The van der Waals surface area contributed by atoms with E-state index in [4.69, 9.17) is 0 Å². The monoisotopic (exact) mass is 1290 g/mol. The number of hydrogen-bond donors (Lipinski definition) is 0. The average Bonchev–Trinajstić information content (AvgIpc) is 1.54. The van der Waals surface area contributed by atoms with E-state index in [2.05, 4.69) is 383 Å². The van der Waals surface area contributed by atoms with Gasteiger partial charge in [0.2, 0.25) is 0 Å². The minimum Gasteiger partial charge on any atom is -0.0619 e. The van der Waals surface area contributed by atoms with Gasteiger partial charge in [-0.25, -0.2) is 0 Å². The fraction of sp³-hybridized carbons (Fsp3) is 0.129. The smallest absolute Gasteiger partial charge is 0.0619 e. The summed E-state index contributed by atoms with van der Waals surface area (Å²) in [6.45, 7) is 19.1. The molecule has 0 amide bonds. The Morgan fingerprint density at radius 3 is 0.663 bits per heavy atom. The molecular formula is C101H78. The highest BCUT2D eigenvalue weighted by Crippen LogP contribution is 2.58. The summed E-state index contributed by atoms with van der Waals surface area (Å²) in [4.78, 5) is 0. The zero-order valence-corrected chi connectivity index (χ0v) is 58.7. The van der Waals surface area contributed by atoms with E-state index in [1.165, 1.54) is 189 Å². The first-order valence-electron chi connectivity index (χ1n) is 36.1. The molecule has 0 saturated carbocycles. The van der Waals surface area contributed by atoms with Gasteiger partial charge >= 0.3 is 0 Å². The highest BCUT2D eigenvalue weighted by molar-refractivity contribution is 5.98. The standard InChI is InChI=1S/C101H78/c1-97(2)87-27-15-9-21-75(87)81-53-45-69(59-93(81)97)85(70-46-54-82-76-22-10-16-28-88(76)98(3,4)94(82)60-70)57-63-33-37-65(38-34-63)67-41-49-73(50-42-67)101(91-31-19-13-25-79(91)80-26-14-20-32-92(80)101)74-51-43-68(44-52-74)66-39-35-64(36-40-66)58-86(71-47-55-83-77-23-11-17-29-89(77)99(5,6)95(83)61-71)72-48-56-84-78-24-12-18-30-90(78)100(7,8)96(84)62-72/h9-62H,1-8H3. The summed E-state index contributed by atoms with van der Waals surface area (Å²) < 4.78 is 0. The first-order valence-corrected chi connectivity index (χ1v) is 36.1. The second kappa shape index (κ2) is 22.3. The highest BCUT2D eigenvalue weighted by atomic mass is 14.5. The SMILES string of the molecule is CC1(C)c2ccccc2-c2ccc(C(=Cc3ccc(-c4ccc(C5(c6ccc(-c7ccc(C=C(c8ccc9c(c8)C(C)(C)c8ccccc8-9)c8ccc9c(c8)C(C)(C)c8ccccc8-9)cc7)cc6)c6ccccc6-c6ccccc65)cc4)cc3)c3ccc4c(c3)C(C)(C)c3ccccc3-4)cc21. The molecule has 0 unspecified atom stereocenters. The van der Waals surface area contributed by atoms with Crippen LogP contribution in [-0.4, -0.2) is 0 Å². The lowest BCUT2D eigenvalue weighted by atomic mass is 9.67. The summed E-state index contributed by atoms with van der Waals surface area (Å²) in [5.74, 6) is 0. The molecule has 0 N–H and O–H groups in total. The number of rotatable bonds is 10. The van der Waals surface area contributed by atoms with Crippen molar-refractivity contribution in [2.45, 2.75) is 82.5 Å². The van der Waals surface area contributed by atoms with Crippen molar-refractivity contribution in [3.8, 4) is 77.9 Å². The molecule has 101 heavy (non-hydrogen) atoms. The van der Waals surface area contributed by atoms with Gasteiger partial charge in [0.25, 0.3) is 0 Å². The average molecular weight is 1290 g/mol. The van der Waals surface area contributed by atoms with Crippen LogP contribution in [0.5, 0.6) is 0 Å². The molecule has 0 aliphatic heterocycles. The zero-order chi connectivity index (χ0) is 68.3. The predicted octanol–water partition coefficient (Wildman–Crippen LogP) is 25.8. The van der Waals surface area contributed by atoms with Gasteiger partial charge in [-0.05, 0) is 226 Å². The molecule has 0 radical (unpaired) electrons. The Morgan fingerprint density at radius 1 is 0.198 bits per heavy atom. The van der Waals surface area contributed by atoms with Crippen molar-refractivity contribution in [2.24, 2.45) is 0 Å². The van der Waals surface area contributed by atoms with Crippen molar-refractivity contribution in [3.05, 3.63) is 416 Å². The summed E-state index contributed by atoms with van der Waals surface area (Å²) in [5, 5.41) is 0. The molecule has 0 spiro atoms. The number of hydrogen-bond acceptors (Lipinski definition) is 0. The molecule has 0 heterocycles. The molecule has 0 heteroatoms. The first kappa shape index (κ1) is 60.7. The lowest BCUT2D eigenvalue weighted by molar-refractivity contribution is 0.659. The Balaban J connectivity index is 0.656. The van der Waals surface area contributed by atoms with Gasteiger partial charge in [0, 0.05) is 21.7 Å². The largest absolute Gasteiger partial charge is 0.0713 e. The van der Waals surface area contributed by atoms with Crippen molar-refractivity contribution in [3.63, 3.8) is 0 Å². The molecule has 0 fully saturated rings. The van der Waals surface area contributed by atoms with Gasteiger partial charge in [0.1, 0.15) is 0 Å². The van der Waals surface area contributed by atoms with Crippen LogP contribution in [0.4, 0.5) is 0 Å². The van der Waals surface area contributed by atoms with Crippen LogP contribution < -0.4 is 0 Å². The van der Waals surface area contributed by atoms with Crippen molar-refractivity contribution in [1.82, 2.24) is 0 Å². The second-order valence-electron chi connectivity index (χ2n) is 31.1. The third-order valence-corrected chi connectivity index (χ3v) is 24.3. The van der Waals surface area contributed by atoms with E-state index in [-0.39, 0.29) is 21.7 Å². The molecule has 5 aliphatic carbocycles. The van der Waals surface area contributed by atoms with E-state index in [0.29, 0.717) is 0 Å². The van der Waals surface area contributed by atoms with E-state index in [9.17, 15) is 0 Å². The molecule has 19 rings (SSSR count). The maximum absolute atomic E-state index is 2.48. The van der Waals surface area contributed by atoms with E-state index in [1.807, 2.05) is 0 Å². The lowest BCUT2D eigenvalue weighted by Gasteiger charge is -2.34. The van der Waals surface area contributed by atoms with Crippen molar-refractivity contribution < 1.29 is 0 Å². The molecule has 5 aliphatic rings. The zero-order valence-electron chi connectivity index (χ0n) is 58.7. The maximum Gasteiger partial charge on any atom is 0.0713 e. The van der Waals surface area contributed by atoms with E-state index in [1.54, 1.807) is 0 Å². The van der Waals surface area contributed by atoms with Crippen LogP contribution >= 0.6 is 0 Å². The van der Waals surface area contributed by atoms with E-state index in [0.717, 1.165) is 0 Å². The van der Waals surface area contributed by atoms with E-state index < -0.39 is 5.41 Å². The van der Waals surface area contributed by atoms with Gasteiger partial charge in [0.15, 0.2) is 0 Å². The van der Waals surface area contributed by atoms with Crippen LogP contribution in [0.2, 0.25) is 0 Å². The minimum atomic E-state index is -0.545. The molecule has 14 aromatic carbocycles. The number of benzene rings is 14. The Labute approximate surface area is 595 Å². The normalized spacial score (nSPS) is 15.3. The lowest BCUT2D eigenvalue weighted by Crippen LogP contribution is -2.28. The maximum atomic E-state index is 2.48. The third-order valence-electron chi connectivity index (χ3n) is 24.3. The second-order valence-corrected chi connectivity index (χ2v) is 31.1. The van der Waals surface area contributed by atoms with Crippen molar-refractivity contribution in [2.75, 3.05) is 0 Å². The molecule has 14 aromatic rings. The van der Waals surface area contributed by atoms with Crippen LogP contribution in [0, 0.1) is 0 Å². The van der Waals surface area contributed by atoms with Crippen LogP contribution in [0.3, 0.4) is 0 Å². The van der Waals surface area contributed by atoms with Crippen LogP contribution in [0.25, 0.3) is 101 Å². The molecule has 0 bridgehead atoms. The van der Waals surface area contributed by atoms with Gasteiger partial charge < -0.3 is 0 Å². The summed E-state index contributed by atoms with van der Waals surface area (Å²) >= 11 is 0. The molecule has 482 valence electrons. The van der Waals surface area contributed by atoms with Crippen molar-refractivity contribution in [1.29, 1.82) is 0 Å². The molecule has 0 atom stereocenters. The van der Waals surface area contributed by atoms with Gasteiger partial charge in [-0.3, -0.25) is 0 Å². The minimum absolute atomic E-state index is 0.116. The summed E-state index contributed by atoms with van der Waals surface area (Å²) in [6.07, 6.45) is 4.83. The summed E-state index contributed by atoms with van der Waals surface area (Å²) in [6, 6.07) is 120. The highest BCUT2D eigenvalue weighted by Gasteiger charge is 2.47. The predicted molar refractivity (Wildman–Crippen MR) is 425 cm³/mol.